The predicted molar refractivity (Wildman–Crippen MR) is 58.3 cm³/mol. The standard InChI is InChI=1S/C10H14O.C2H6/c1-7(2)9-5-4-8(3)10(11)6-9;1-2/h4-7,11H,1-3H3;1-2H3. The van der Waals surface area contributed by atoms with Gasteiger partial charge in [0.15, 0.2) is 0 Å². The van der Waals surface area contributed by atoms with Crippen LogP contribution in [-0.4, -0.2) is 5.11 Å². The number of hydrogen-bond acceptors (Lipinski definition) is 1. The van der Waals surface area contributed by atoms with Crippen LogP contribution in [-0.2, 0) is 0 Å². The number of aryl methyl sites for hydroxylation is 1. The van der Waals surface area contributed by atoms with E-state index in [1.165, 1.54) is 5.56 Å². The van der Waals surface area contributed by atoms with Crippen molar-refractivity contribution in [2.24, 2.45) is 0 Å². The Hall–Kier alpha value is -0.980. The van der Waals surface area contributed by atoms with Crippen LogP contribution in [0.5, 0.6) is 5.75 Å². The van der Waals surface area contributed by atoms with Crippen LogP contribution in [0.15, 0.2) is 18.2 Å². The number of phenols is 1. The summed E-state index contributed by atoms with van der Waals surface area (Å²) in [6.45, 7) is 10.1. The number of rotatable bonds is 1. The highest BCUT2D eigenvalue weighted by Crippen LogP contribution is 2.22. The SMILES string of the molecule is CC.Cc1ccc(C(C)C)cc1O. The highest BCUT2D eigenvalue weighted by atomic mass is 16.3. The van der Waals surface area contributed by atoms with Crippen LogP contribution in [0, 0.1) is 6.92 Å². The molecule has 0 spiro atoms. The molecule has 0 aliphatic heterocycles. The van der Waals surface area contributed by atoms with E-state index in [2.05, 4.69) is 19.9 Å². The van der Waals surface area contributed by atoms with Crippen LogP contribution in [0.2, 0.25) is 0 Å². The van der Waals surface area contributed by atoms with Crippen LogP contribution < -0.4 is 0 Å². The van der Waals surface area contributed by atoms with Gasteiger partial charge < -0.3 is 5.11 Å². The van der Waals surface area contributed by atoms with Gasteiger partial charge in [0.25, 0.3) is 0 Å². The molecule has 0 radical (unpaired) electrons. The topological polar surface area (TPSA) is 20.2 Å². The van der Waals surface area contributed by atoms with Gasteiger partial charge in [0, 0.05) is 0 Å². The molecule has 0 aliphatic rings. The first kappa shape index (κ1) is 12.0. The molecule has 0 saturated carbocycles. The van der Waals surface area contributed by atoms with Gasteiger partial charge >= 0.3 is 0 Å². The molecular formula is C12H20O. The lowest BCUT2D eigenvalue weighted by atomic mass is 10.0. The fraction of sp³-hybridized carbons (Fsp3) is 0.500. The molecule has 1 rings (SSSR count). The first-order chi connectivity index (χ1) is 6.11. The van der Waals surface area contributed by atoms with E-state index in [1.54, 1.807) is 0 Å². The molecule has 1 aromatic carbocycles. The Morgan fingerprint density at radius 1 is 1.15 bits per heavy atom. The quantitative estimate of drug-likeness (QED) is 0.696. The molecule has 1 aromatic rings. The highest BCUT2D eigenvalue weighted by Gasteiger charge is 2.00. The average molecular weight is 180 g/mol. The molecule has 0 aliphatic carbocycles. The smallest absolute Gasteiger partial charge is 0.118 e. The minimum Gasteiger partial charge on any atom is -0.508 e. The third-order valence-electron chi connectivity index (χ3n) is 1.90. The van der Waals surface area contributed by atoms with Crippen molar-refractivity contribution in [1.29, 1.82) is 0 Å². The lowest BCUT2D eigenvalue weighted by molar-refractivity contribution is 0.470. The Morgan fingerprint density at radius 3 is 2.08 bits per heavy atom. The minimum atomic E-state index is 0.399. The summed E-state index contributed by atoms with van der Waals surface area (Å²) in [6.07, 6.45) is 0. The second kappa shape index (κ2) is 5.63. The van der Waals surface area contributed by atoms with Gasteiger partial charge in [-0.2, -0.15) is 0 Å². The van der Waals surface area contributed by atoms with E-state index >= 15 is 0 Å². The van der Waals surface area contributed by atoms with Crippen LogP contribution >= 0.6 is 0 Å². The van der Waals surface area contributed by atoms with Crippen molar-refractivity contribution in [2.45, 2.75) is 40.5 Å². The summed E-state index contributed by atoms with van der Waals surface area (Å²) >= 11 is 0. The van der Waals surface area contributed by atoms with E-state index in [9.17, 15) is 5.11 Å². The molecule has 74 valence electrons. The van der Waals surface area contributed by atoms with Crippen LogP contribution in [0.3, 0.4) is 0 Å². The molecule has 0 bridgehead atoms. The first-order valence-corrected chi connectivity index (χ1v) is 4.91. The third-order valence-corrected chi connectivity index (χ3v) is 1.90. The van der Waals surface area contributed by atoms with Gasteiger partial charge in [-0.25, -0.2) is 0 Å². The van der Waals surface area contributed by atoms with Crippen molar-refractivity contribution in [3.8, 4) is 5.75 Å². The number of benzene rings is 1. The van der Waals surface area contributed by atoms with Crippen molar-refractivity contribution in [2.75, 3.05) is 0 Å². The molecule has 0 aromatic heterocycles. The number of hydrogen-bond donors (Lipinski definition) is 1. The Labute approximate surface area is 81.4 Å². The van der Waals surface area contributed by atoms with Crippen molar-refractivity contribution < 1.29 is 5.11 Å². The maximum atomic E-state index is 9.35. The Morgan fingerprint density at radius 2 is 1.69 bits per heavy atom. The summed E-state index contributed by atoms with van der Waals surface area (Å²) in [6, 6.07) is 5.84. The molecule has 0 heterocycles. The summed E-state index contributed by atoms with van der Waals surface area (Å²) < 4.78 is 0. The zero-order chi connectivity index (χ0) is 10.4. The van der Waals surface area contributed by atoms with E-state index in [4.69, 9.17) is 0 Å². The van der Waals surface area contributed by atoms with Crippen molar-refractivity contribution in [3.63, 3.8) is 0 Å². The fourth-order valence-corrected chi connectivity index (χ4v) is 0.986. The molecule has 0 unspecified atom stereocenters. The predicted octanol–water partition coefficient (Wildman–Crippen LogP) is 3.85. The summed E-state index contributed by atoms with van der Waals surface area (Å²) in [5, 5.41) is 9.35. The van der Waals surface area contributed by atoms with Gasteiger partial charge in [0.1, 0.15) is 5.75 Å². The maximum Gasteiger partial charge on any atom is 0.118 e. The minimum absolute atomic E-state index is 0.399. The van der Waals surface area contributed by atoms with Crippen molar-refractivity contribution in [3.05, 3.63) is 29.3 Å². The molecule has 1 N–H and O–H groups in total. The van der Waals surface area contributed by atoms with Crippen LogP contribution in [0.4, 0.5) is 0 Å². The Kier molecular flexibility index (Phi) is 5.20. The van der Waals surface area contributed by atoms with Gasteiger partial charge in [-0.15, -0.1) is 0 Å². The zero-order valence-corrected chi connectivity index (χ0v) is 9.26. The first-order valence-electron chi connectivity index (χ1n) is 4.91. The van der Waals surface area contributed by atoms with E-state index in [1.807, 2.05) is 32.9 Å². The molecule has 13 heavy (non-hydrogen) atoms. The zero-order valence-electron chi connectivity index (χ0n) is 9.26. The van der Waals surface area contributed by atoms with Gasteiger partial charge in [0.05, 0.1) is 0 Å². The molecule has 0 amide bonds. The van der Waals surface area contributed by atoms with E-state index in [-0.39, 0.29) is 0 Å². The second-order valence-electron chi connectivity index (χ2n) is 3.20. The fourth-order valence-electron chi connectivity index (χ4n) is 0.986. The normalized spacial score (nSPS) is 9.38. The summed E-state index contributed by atoms with van der Waals surface area (Å²) in [5.41, 5.74) is 2.13. The lowest BCUT2D eigenvalue weighted by Crippen LogP contribution is -1.86. The monoisotopic (exact) mass is 180 g/mol. The molecular weight excluding hydrogens is 160 g/mol. The summed E-state index contributed by atoms with van der Waals surface area (Å²) in [4.78, 5) is 0. The van der Waals surface area contributed by atoms with Crippen molar-refractivity contribution >= 4 is 0 Å². The Bertz CT molecular complexity index is 251. The molecule has 1 heteroatoms. The van der Waals surface area contributed by atoms with Crippen molar-refractivity contribution in [1.82, 2.24) is 0 Å². The third kappa shape index (κ3) is 3.49. The van der Waals surface area contributed by atoms with Gasteiger partial charge in [-0.3, -0.25) is 0 Å². The highest BCUT2D eigenvalue weighted by molar-refractivity contribution is 5.36. The van der Waals surface area contributed by atoms with Crippen LogP contribution in [0.25, 0.3) is 0 Å². The lowest BCUT2D eigenvalue weighted by Gasteiger charge is -2.06. The number of aromatic hydroxyl groups is 1. The molecule has 0 atom stereocenters. The van der Waals surface area contributed by atoms with Gasteiger partial charge in [0.2, 0.25) is 0 Å². The van der Waals surface area contributed by atoms with E-state index in [0.717, 1.165) is 5.56 Å². The van der Waals surface area contributed by atoms with Crippen LogP contribution in [0.1, 0.15) is 44.7 Å². The molecule has 1 nitrogen and oxygen atoms in total. The summed E-state index contributed by atoms with van der Waals surface area (Å²) in [5.74, 6) is 0.887. The van der Waals surface area contributed by atoms with Gasteiger partial charge in [-0.05, 0) is 30.0 Å². The van der Waals surface area contributed by atoms with E-state index < -0.39 is 0 Å². The summed E-state index contributed by atoms with van der Waals surface area (Å²) in [7, 11) is 0. The average Bonchev–Trinajstić information content (AvgIpc) is 2.13. The Balaban J connectivity index is 0.000000671. The molecule has 0 fully saturated rings. The number of phenolic OH excluding ortho intramolecular Hbond substituents is 1. The largest absolute Gasteiger partial charge is 0.508 e. The van der Waals surface area contributed by atoms with E-state index in [0.29, 0.717) is 11.7 Å². The molecule has 0 saturated heterocycles. The maximum absolute atomic E-state index is 9.35. The van der Waals surface area contributed by atoms with Gasteiger partial charge in [-0.1, -0.05) is 39.8 Å². The second-order valence-corrected chi connectivity index (χ2v) is 3.20.